The van der Waals surface area contributed by atoms with Gasteiger partial charge in [-0.15, -0.1) is 6.42 Å². The molecule has 8 nitrogen and oxygen atoms in total. The van der Waals surface area contributed by atoms with Gasteiger partial charge in [-0.2, -0.15) is 0 Å². The highest BCUT2D eigenvalue weighted by atomic mass is 16.6. The first-order valence-corrected chi connectivity index (χ1v) is 11.4. The minimum Gasteiger partial charge on any atom is -0.497 e. The van der Waals surface area contributed by atoms with Gasteiger partial charge < -0.3 is 25.0 Å². The predicted octanol–water partition coefficient (Wildman–Crippen LogP) is 4.12. The van der Waals surface area contributed by atoms with Crippen LogP contribution >= 0.6 is 0 Å². The highest BCUT2D eigenvalue weighted by molar-refractivity contribution is 5.98. The molecule has 8 heteroatoms. The average molecular weight is 480 g/mol. The van der Waals surface area contributed by atoms with E-state index in [0.717, 1.165) is 0 Å². The van der Waals surface area contributed by atoms with E-state index in [4.69, 9.17) is 15.9 Å². The van der Waals surface area contributed by atoms with E-state index in [1.54, 1.807) is 76.4 Å². The lowest BCUT2D eigenvalue weighted by Gasteiger charge is -2.32. The second kappa shape index (κ2) is 12.5. The SMILES string of the molecule is C#Cc1ccccc1C(C(=O)Nc1ccc(OC)cc1)N(CCC)C(=O)CNC(=O)OC(C)(C)C. The highest BCUT2D eigenvalue weighted by Crippen LogP contribution is 2.27. The first-order chi connectivity index (χ1) is 16.6. The molecular formula is C27H33N3O5. The van der Waals surface area contributed by atoms with Gasteiger partial charge in [-0.05, 0) is 63.1 Å². The smallest absolute Gasteiger partial charge is 0.408 e. The van der Waals surface area contributed by atoms with Crippen molar-refractivity contribution in [3.05, 3.63) is 59.7 Å². The van der Waals surface area contributed by atoms with Gasteiger partial charge in [-0.1, -0.05) is 31.0 Å². The lowest BCUT2D eigenvalue weighted by molar-refractivity contribution is -0.138. The summed E-state index contributed by atoms with van der Waals surface area (Å²) in [5.74, 6) is 2.37. The number of amides is 3. The average Bonchev–Trinajstić information content (AvgIpc) is 2.82. The summed E-state index contributed by atoms with van der Waals surface area (Å²) in [5.41, 5.74) is 0.842. The van der Waals surface area contributed by atoms with E-state index in [2.05, 4.69) is 16.6 Å². The second-order valence-electron chi connectivity index (χ2n) is 8.79. The largest absolute Gasteiger partial charge is 0.497 e. The molecule has 0 saturated carbocycles. The van der Waals surface area contributed by atoms with Gasteiger partial charge in [0.1, 0.15) is 23.9 Å². The number of benzene rings is 2. The number of ether oxygens (including phenoxy) is 2. The zero-order chi connectivity index (χ0) is 26.0. The number of alkyl carbamates (subject to hydrolysis) is 1. The third-order valence-corrected chi connectivity index (χ3v) is 4.90. The summed E-state index contributed by atoms with van der Waals surface area (Å²) in [7, 11) is 1.56. The molecule has 2 aromatic carbocycles. The van der Waals surface area contributed by atoms with Crippen LogP contribution in [-0.4, -0.2) is 48.6 Å². The molecule has 0 aliphatic heterocycles. The lowest BCUT2D eigenvalue weighted by Crippen LogP contribution is -2.47. The molecule has 0 spiro atoms. The van der Waals surface area contributed by atoms with Crippen molar-refractivity contribution in [2.75, 3.05) is 25.5 Å². The number of nitrogens with one attached hydrogen (secondary N) is 2. The standard InChI is InChI=1S/C27H33N3O5/c1-7-17-30(23(31)18-28-26(33)35-27(3,4)5)24(22-12-10-9-11-19(22)8-2)25(32)29-20-13-15-21(34-6)16-14-20/h2,9-16,24H,7,17-18H2,1,3-6H3,(H,28,33)(H,29,32). The molecule has 3 amide bonds. The first kappa shape index (κ1) is 27.3. The topological polar surface area (TPSA) is 97.0 Å². The molecule has 0 aromatic heterocycles. The minimum atomic E-state index is -1.02. The Kier molecular flexibility index (Phi) is 9.71. The van der Waals surface area contributed by atoms with Crippen LogP contribution in [0.5, 0.6) is 5.75 Å². The van der Waals surface area contributed by atoms with Crippen molar-refractivity contribution in [1.82, 2.24) is 10.2 Å². The number of terminal acetylenes is 1. The molecule has 0 heterocycles. The monoisotopic (exact) mass is 479 g/mol. The summed E-state index contributed by atoms with van der Waals surface area (Å²) in [4.78, 5) is 40.3. The number of anilines is 1. The van der Waals surface area contributed by atoms with E-state index < -0.39 is 29.6 Å². The van der Waals surface area contributed by atoms with Crippen LogP contribution in [0.2, 0.25) is 0 Å². The fourth-order valence-corrected chi connectivity index (χ4v) is 3.40. The molecule has 1 unspecified atom stereocenters. The molecule has 0 radical (unpaired) electrons. The van der Waals surface area contributed by atoms with Crippen LogP contribution in [0.4, 0.5) is 10.5 Å². The number of methoxy groups -OCH3 is 1. The number of rotatable bonds is 9. The Bertz CT molecular complexity index is 1070. The maximum atomic E-state index is 13.6. The number of hydrogen-bond donors (Lipinski definition) is 2. The maximum absolute atomic E-state index is 13.6. The third-order valence-electron chi connectivity index (χ3n) is 4.90. The van der Waals surface area contributed by atoms with Gasteiger partial charge in [0.15, 0.2) is 0 Å². The molecule has 0 fully saturated rings. The van der Waals surface area contributed by atoms with Gasteiger partial charge in [0.25, 0.3) is 5.91 Å². The normalized spacial score (nSPS) is 11.5. The number of carbonyl (C=O) groups is 3. The van der Waals surface area contributed by atoms with E-state index in [-0.39, 0.29) is 13.1 Å². The van der Waals surface area contributed by atoms with E-state index in [1.165, 1.54) is 4.90 Å². The van der Waals surface area contributed by atoms with E-state index in [9.17, 15) is 14.4 Å². The van der Waals surface area contributed by atoms with Gasteiger partial charge in [-0.3, -0.25) is 9.59 Å². The molecule has 2 rings (SSSR count). The zero-order valence-corrected chi connectivity index (χ0v) is 20.9. The Morgan fingerprint density at radius 1 is 1.09 bits per heavy atom. The van der Waals surface area contributed by atoms with Crippen LogP contribution in [0, 0.1) is 12.3 Å². The van der Waals surface area contributed by atoms with Gasteiger partial charge >= 0.3 is 6.09 Å². The van der Waals surface area contributed by atoms with Crippen molar-refractivity contribution >= 4 is 23.6 Å². The number of nitrogens with zero attached hydrogens (tertiary/aromatic N) is 1. The van der Waals surface area contributed by atoms with Crippen molar-refractivity contribution in [3.63, 3.8) is 0 Å². The fraction of sp³-hybridized carbons (Fsp3) is 0.370. The summed E-state index contributed by atoms with van der Waals surface area (Å²) in [5, 5.41) is 5.34. The van der Waals surface area contributed by atoms with E-state index in [1.807, 2.05) is 6.92 Å². The van der Waals surface area contributed by atoms with Crippen LogP contribution in [0.3, 0.4) is 0 Å². The third kappa shape index (κ3) is 8.07. The van der Waals surface area contributed by atoms with Crippen molar-refractivity contribution in [3.8, 4) is 18.1 Å². The van der Waals surface area contributed by atoms with Crippen LogP contribution in [0.15, 0.2) is 48.5 Å². The summed E-state index contributed by atoms with van der Waals surface area (Å²) in [6.45, 7) is 7.03. The van der Waals surface area contributed by atoms with Gasteiger partial charge in [0.2, 0.25) is 5.91 Å². The fourth-order valence-electron chi connectivity index (χ4n) is 3.40. The second-order valence-corrected chi connectivity index (χ2v) is 8.79. The van der Waals surface area contributed by atoms with Crippen LogP contribution in [-0.2, 0) is 14.3 Å². The molecule has 0 aliphatic rings. The molecule has 2 N–H and O–H groups in total. The van der Waals surface area contributed by atoms with E-state index >= 15 is 0 Å². The molecule has 186 valence electrons. The summed E-state index contributed by atoms with van der Waals surface area (Å²) >= 11 is 0. The maximum Gasteiger partial charge on any atom is 0.408 e. The molecule has 35 heavy (non-hydrogen) atoms. The Morgan fingerprint density at radius 3 is 2.31 bits per heavy atom. The number of carbonyl (C=O) groups excluding carboxylic acids is 3. The number of hydrogen-bond acceptors (Lipinski definition) is 5. The van der Waals surface area contributed by atoms with Gasteiger partial charge in [0.05, 0.1) is 7.11 Å². The van der Waals surface area contributed by atoms with Gasteiger partial charge in [0, 0.05) is 17.8 Å². The molecule has 1 atom stereocenters. The van der Waals surface area contributed by atoms with Crippen LogP contribution < -0.4 is 15.4 Å². The molecule has 0 saturated heterocycles. The predicted molar refractivity (Wildman–Crippen MR) is 135 cm³/mol. The van der Waals surface area contributed by atoms with Crippen molar-refractivity contribution in [1.29, 1.82) is 0 Å². The highest BCUT2D eigenvalue weighted by Gasteiger charge is 2.32. The Morgan fingerprint density at radius 2 is 1.74 bits per heavy atom. The van der Waals surface area contributed by atoms with E-state index in [0.29, 0.717) is 29.0 Å². The summed E-state index contributed by atoms with van der Waals surface area (Å²) in [6, 6.07) is 12.8. The quantitative estimate of drug-likeness (QED) is 0.528. The minimum absolute atomic E-state index is 0.272. The lowest BCUT2D eigenvalue weighted by atomic mass is 9.98. The van der Waals surface area contributed by atoms with Crippen molar-refractivity contribution < 1.29 is 23.9 Å². The van der Waals surface area contributed by atoms with Crippen molar-refractivity contribution in [2.45, 2.75) is 45.8 Å². The molecular weight excluding hydrogens is 446 g/mol. The van der Waals surface area contributed by atoms with Crippen molar-refractivity contribution in [2.24, 2.45) is 0 Å². The first-order valence-electron chi connectivity index (χ1n) is 11.4. The zero-order valence-electron chi connectivity index (χ0n) is 20.9. The molecule has 2 aromatic rings. The Hall–Kier alpha value is -3.99. The summed E-state index contributed by atoms with van der Waals surface area (Å²) < 4.78 is 10.4. The molecule has 0 bridgehead atoms. The Balaban J connectivity index is 2.37. The van der Waals surface area contributed by atoms with Crippen LogP contribution in [0.25, 0.3) is 0 Å². The summed E-state index contributed by atoms with van der Waals surface area (Å²) in [6.07, 6.45) is 5.58. The van der Waals surface area contributed by atoms with Crippen LogP contribution in [0.1, 0.15) is 51.3 Å². The Labute approximate surface area is 207 Å². The molecule has 0 aliphatic carbocycles. The van der Waals surface area contributed by atoms with Gasteiger partial charge in [-0.25, -0.2) is 4.79 Å².